The zero-order valence-corrected chi connectivity index (χ0v) is 8.77. The van der Waals surface area contributed by atoms with Gasteiger partial charge in [-0.1, -0.05) is 39.5 Å². The summed E-state index contributed by atoms with van der Waals surface area (Å²) in [5.41, 5.74) is 0.138. The maximum atomic E-state index is 5.78. The molecule has 2 nitrogen and oxygen atoms in total. The average molecular weight is 184 g/mol. The summed E-state index contributed by atoms with van der Waals surface area (Å²) in [6.07, 6.45) is 7.46. The van der Waals surface area contributed by atoms with E-state index in [9.17, 15) is 0 Å². The van der Waals surface area contributed by atoms with E-state index >= 15 is 0 Å². The van der Waals surface area contributed by atoms with Gasteiger partial charge in [0, 0.05) is 0 Å². The monoisotopic (exact) mass is 184 g/mol. The summed E-state index contributed by atoms with van der Waals surface area (Å²) in [5, 5.41) is 0. The van der Waals surface area contributed by atoms with Gasteiger partial charge >= 0.3 is 0 Å². The molecule has 2 heteroatoms. The third-order valence-corrected chi connectivity index (χ3v) is 3.29. The zero-order chi connectivity index (χ0) is 9.36. The lowest BCUT2D eigenvalue weighted by molar-refractivity contribution is 0.226. The number of rotatable bonds is 6. The highest BCUT2D eigenvalue weighted by molar-refractivity contribution is 5.16. The fraction of sp³-hybridized carbons (Fsp3) is 1.00. The van der Waals surface area contributed by atoms with Crippen LogP contribution in [-0.4, -0.2) is 18.0 Å². The summed E-state index contributed by atoms with van der Waals surface area (Å²) in [6, 6.07) is 0. The first-order chi connectivity index (χ1) is 6.29. The molecule has 1 unspecified atom stereocenters. The molecule has 0 aromatic carbocycles. The van der Waals surface area contributed by atoms with Gasteiger partial charge in [0.25, 0.3) is 0 Å². The second-order valence-electron chi connectivity index (χ2n) is 4.35. The third-order valence-electron chi connectivity index (χ3n) is 3.29. The Morgan fingerprint density at radius 2 is 1.62 bits per heavy atom. The van der Waals surface area contributed by atoms with E-state index in [2.05, 4.69) is 13.8 Å². The molecule has 0 aliphatic carbocycles. The lowest BCUT2D eigenvalue weighted by Gasteiger charge is -2.09. The van der Waals surface area contributed by atoms with Gasteiger partial charge in [0.05, 0.1) is 0 Å². The van der Waals surface area contributed by atoms with E-state index in [-0.39, 0.29) is 11.4 Å². The minimum absolute atomic E-state index is 0.0860. The van der Waals surface area contributed by atoms with Crippen LogP contribution in [0, 0.1) is 0 Å². The van der Waals surface area contributed by atoms with Gasteiger partial charge in [-0.25, -0.2) is 0 Å². The van der Waals surface area contributed by atoms with Crippen molar-refractivity contribution in [2.75, 3.05) is 6.61 Å². The smallest absolute Gasteiger partial charge is 0.223 e. The predicted molar refractivity (Wildman–Crippen MR) is 51.5 cm³/mol. The topological polar surface area (TPSA) is 25.1 Å². The second-order valence-corrected chi connectivity index (χ2v) is 4.35. The van der Waals surface area contributed by atoms with E-state index in [1.54, 1.807) is 0 Å². The largest absolute Gasteiger partial charge is 0.340 e. The van der Waals surface area contributed by atoms with Crippen molar-refractivity contribution in [3.8, 4) is 0 Å². The summed E-state index contributed by atoms with van der Waals surface area (Å²) >= 11 is 0. The fourth-order valence-electron chi connectivity index (χ4n) is 2.21. The lowest BCUT2D eigenvalue weighted by atomic mass is 9.92. The minimum Gasteiger partial charge on any atom is -0.340 e. The van der Waals surface area contributed by atoms with Crippen LogP contribution in [0.1, 0.15) is 52.4 Å². The van der Waals surface area contributed by atoms with E-state index in [0.717, 1.165) is 6.61 Å². The molecular formula is C11H20O2. The van der Waals surface area contributed by atoms with Crippen LogP contribution in [-0.2, 0) is 9.47 Å². The molecule has 0 amide bonds. The number of unbranched alkanes of at least 4 members (excludes halogenated alkanes) is 2. The van der Waals surface area contributed by atoms with Gasteiger partial charge in [0.2, 0.25) is 5.79 Å². The summed E-state index contributed by atoms with van der Waals surface area (Å²) < 4.78 is 11.2. The Morgan fingerprint density at radius 1 is 1.08 bits per heavy atom. The van der Waals surface area contributed by atoms with Gasteiger partial charge in [0.15, 0.2) is 0 Å². The highest BCUT2D eigenvalue weighted by atomic mass is 16.9. The Bertz CT molecular complexity index is 177. The van der Waals surface area contributed by atoms with Crippen LogP contribution >= 0.6 is 0 Å². The van der Waals surface area contributed by atoms with Crippen molar-refractivity contribution in [1.29, 1.82) is 0 Å². The standard InChI is InChI=1S/C11H20O2/c1-3-5-7-10(8-6-4-2)11(13-10)9-12-11/h3-9H2,1-2H3. The Labute approximate surface area is 80.6 Å². The number of hydrogen-bond donors (Lipinski definition) is 0. The van der Waals surface area contributed by atoms with Crippen LogP contribution < -0.4 is 0 Å². The molecule has 2 aliphatic heterocycles. The van der Waals surface area contributed by atoms with E-state index in [0.29, 0.717) is 0 Å². The van der Waals surface area contributed by atoms with Crippen molar-refractivity contribution in [2.24, 2.45) is 0 Å². The zero-order valence-electron chi connectivity index (χ0n) is 8.77. The van der Waals surface area contributed by atoms with Crippen LogP contribution in [0.15, 0.2) is 0 Å². The minimum atomic E-state index is -0.0860. The predicted octanol–water partition coefficient (Wildman–Crippen LogP) is 2.86. The van der Waals surface area contributed by atoms with Crippen LogP contribution in [0.4, 0.5) is 0 Å². The number of ether oxygens (including phenoxy) is 2. The molecule has 2 rings (SSSR count). The second kappa shape index (κ2) is 3.25. The Morgan fingerprint density at radius 3 is 1.92 bits per heavy atom. The number of hydrogen-bond acceptors (Lipinski definition) is 2. The van der Waals surface area contributed by atoms with Gasteiger partial charge < -0.3 is 9.47 Å². The molecule has 0 aromatic heterocycles. The molecular weight excluding hydrogens is 164 g/mol. The van der Waals surface area contributed by atoms with E-state index in [1.165, 1.54) is 38.5 Å². The van der Waals surface area contributed by atoms with Crippen LogP contribution in [0.5, 0.6) is 0 Å². The molecule has 0 N–H and O–H groups in total. The molecule has 0 bridgehead atoms. The van der Waals surface area contributed by atoms with Crippen molar-refractivity contribution in [1.82, 2.24) is 0 Å². The van der Waals surface area contributed by atoms with Gasteiger partial charge in [-0.05, 0) is 12.8 Å². The SMILES string of the molecule is CCCCC1(CCCC)OC12CO2. The first-order valence-corrected chi connectivity index (χ1v) is 5.63. The molecule has 1 atom stereocenters. The number of epoxide rings is 2. The summed E-state index contributed by atoms with van der Waals surface area (Å²) in [5.74, 6) is -0.0860. The quantitative estimate of drug-likeness (QED) is 0.593. The lowest BCUT2D eigenvalue weighted by Crippen LogP contribution is -2.16. The molecule has 76 valence electrons. The normalized spacial score (nSPS) is 33.7. The van der Waals surface area contributed by atoms with Crippen molar-refractivity contribution >= 4 is 0 Å². The molecule has 2 aliphatic rings. The maximum Gasteiger partial charge on any atom is 0.223 e. The molecule has 1 spiro atoms. The van der Waals surface area contributed by atoms with Gasteiger partial charge in [-0.3, -0.25) is 0 Å². The summed E-state index contributed by atoms with van der Waals surface area (Å²) in [6.45, 7) is 5.31. The molecule has 0 radical (unpaired) electrons. The first kappa shape index (κ1) is 9.47. The van der Waals surface area contributed by atoms with Crippen molar-refractivity contribution < 1.29 is 9.47 Å². The molecule has 2 fully saturated rings. The maximum absolute atomic E-state index is 5.78. The Balaban J connectivity index is 1.83. The van der Waals surface area contributed by atoms with Crippen LogP contribution in [0.3, 0.4) is 0 Å². The molecule has 2 saturated heterocycles. The van der Waals surface area contributed by atoms with E-state index in [1.807, 2.05) is 0 Å². The summed E-state index contributed by atoms with van der Waals surface area (Å²) in [4.78, 5) is 0. The Hall–Kier alpha value is -0.0800. The van der Waals surface area contributed by atoms with E-state index < -0.39 is 0 Å². The van der Waals surface area contributed by atoms with E-state index in [4.69, 9.17) is 9.47 Å². The van der Waals surface area contributed by atoms with Crippen molar-refractivity contribution in [2.45, 2.75) is 63.8 Å². The Kier molecular flexibility index (Phi) is 2.37. The van der Waals surface area contributed by atoms with Gasteiger partial charge in [-0.2, -0.15) is 0 Å². The van der Waals surface area contributed by atoms with Gasteiger partial charge in [0.1, 0.15) is 12.2 Å². The average Bonchev–Trinajstić information content (AvgIpc) is 3.02. The summed E-state index contributed by atoms with van der Waals surface area (Å²) in [7, 11) is 0. The van der Waals surface area contributed by atoms with Crippen LogP contribution in [0.25, 0.3) is 0 Å². The molecule has 0 aromatic rings. The highest BCUT2D eigenvalue weighted by Crippen LogP contribution is 2.62. The van der Waals surface area contributed by atoms with Crippen LogP contribution in [0.2, 0.25) is 0 Å². The first-order valence-electron chi connectivity index (χ1n) is 5.63. The molecule has 13 heavy (non-hydrogen) atoms. The molecule has 2 heterocycles. The van der Waals surface area contributed by atoms with Gasteiger partial charge in [-0.15, -0.1) is 0 Å². The van der Waals surface area contributed by atoms with Crippen molar-refractivity contribution in [3.05, 3.63) is 0 Å². The third kappa shape index (κ3) is 1.50. The fourth-order valence-corrected chi connectivity index (χ4v) is 2.21. The highest BCUT2D eigenvalue weighted by Gasteiger charge is 2.78. The molecule has 0 saturated carbocycles. The van der Waals surface area contributed by atoms with Crippen molar-refractivity contribution in [3.63, 3.8) is 0 Å².